The zero-order valence-corrected chi connectivity index (χ0v) is 8.12. The highest BCUT2D eigenvalue weighted by Gasteiger charge is 2.15. The Morgan fingerprint density at radius 2 is 2.08 bits per heavy atom. The first-order valence-corrected chi connectivity index (χ1v) is 4.38. The van der Waals surface area contributed by atoms with Gasteiger partial charge in [0.05, 0.1) is 12.1 Å². The lowest BCUT2D eigenvalue weighted by molar-refractivity contribution is 0.164. The van der Waals surface area contributed by atoms with Crippen molar-refractivity contribution in [3.05, 3.63) is 28.8 Å². The van der Waals surface area contributed by atoms with E-state index in [1.54, 1.807) is 25.1 Å². The number of hydrogen-bond acceptors (Lipinski definition) is 3. The number of benzene rings is 1. The van der Waals surface area contributed by atoms with Crippen LogP contribution >= 0.6 is 11.6 Å². The summed E-state index contributed by atoms with van der Waals surface area (Å²) in [6.07, 6.45) is -0.640. The molecule has 0 saturated carbocycles. The Morgan fingerprint density at radius 1 is 1.46 bits per heavy atom. The van der Waals surface area contributed by atoms with Gasteiger partial charge in [0.15, 0.2) is 0 Å². The molecule has 0 saturated heterocycles. The van der Waals surface area contributed by atoms with E-state index in [0.717, 1.165) is 0 Å². The van der Waals surface area contributed by atoms with Crippen LogP contribution in [-0.4, -0.2) is 11.2 Å². The van der Waals surface area contributed by atoms with E-state index in [9.17, 15) is 5.11 Å². The molecule has 1 rings (SSSR count). The van der Waals surface area contributed by atoms with Crippen LogP contribution in [0.25, 0.3) is 0 Å². The van der Waals surface area contributed by atoms with E-state index < -0.39 is 12.1 Å². The average molecular weight is 201 g/mol. The molecule has 2 atom stereocenters. The minimum atomic E-state index is -0.640. The number of rotatable bonds is 2. The van der Waals surface area contributed by atoms with Gasteiger partial charge in [-0.3, -0.25) is 0 Å². The number of aliphatic hydroxyl groups excluding tert-OH is 1. The Balaban J connectivity index is 3.05. The van der Waals surface area contributed by atoms with Crippen molar-refractivity contribution >= 4 is 17.3 Å². The van der Waals surface area contributed by atoms with Crippen molar-refractivity contribution in [2.45, 2.75) is 19.1 Å². The lowest BCUT2D eigenvalue weighted by Crippen LogP contribution is -2.23. The Kier molecular flexibility index (Phi) is 3.14. The third-order valence-corrected chi connectivity index (χ3v) is 2.24. The number of halogens is 1. The van der Waals surface area contributed by atoms with Gasteiger partial charge in [-0.05, 0) is 30.7 Å². The summed E-state index contributed by atoms with van der Waals surface area (Å²) in [5, 5.41) is 9.80. The first kappa shape index (κ1) is 10.3. The minimum Gasteiger partial charge on any atom is -0.399 e. The highest BCUT2D eigenvalue weighted by Crippen LogP contribution is 2.25. The SMILES string of the molecule is CC(O)C(N)c1cc(N)ccc1Cl. The van der Waals surface area contributed by atoms with Crippen LogP contribution < -0.4 is 11.5 Å². The van der Waals surface area contributed by atoms with Gasteiger partial charge >= 0.3 is 0 Å². The van der Waals surface area contributed by atoms with E-state index in [2.05, 4.69) is 0 Å². The summed E-state index contributed by atoms with van der Waals surface area (Å²) in [6.45, 7) is 1.62. The fourth-order valence-electron chi connectivity index (χ4n) is 1.08. The molecule has 0 radical (unpaired) electrons. The topological polar surface area (TPSA) is 72.3 Å². The van der Waals surface area contributed by atoms with Gasteiger partial charge in [-0.15, -0.1) is 0 Å². The predicted molar refractivity (Wildman–Crippen MR) is 54.5 cm³/mol. The molecule has 0 bridgehead atoms. The molecule has 5 N–H and O–H groups in total. The van der Waals surface area contributed by atoms with Crippen LogP contribution in [0, 0.1) is 0 Å². The Labute approximate surface area is 82.3 Å². The van der Waals surface area contributed by atoms with E-state index in [1.807, 2.05) is 0 Å². The van der Waals surface area contributed by atoms with Crippen LogP contribution in [0.3, 0.4) is 0 Å². The zero-order valence-electron chi connectivity index (χ0n) is 7.37. The number of anilines is 1. The minimum absolute atomic E-state index is 0.490. The summed E-state index contributed by atoms with van der Waals surface area (Å²) in [7, 11) is 0. The molecule has 72 valence electrons. The van der Waals surface area contributed by atoms with Gasteiger partial charge < -0.3 is 16.6 Å². The van der Waals surface area contributed by atoms with E-state index in [-0.39, 0.29) is 0 Å². The highest BCUT2D eigenvalue weighted by atomic mass is 35.5. The summed E-state index contributed by atoms with van der Waals surface area (Å²) in [4.78, 5) is 0. The maximum atomic E-state index is 9.27. The van der Waals surface area contributed by atoms with Gasteiger partial charge in [-0.2, -0.15) is 0 Å². The number of nitrogen functional groups attached to an aromatic ring is 1. The lowest BCUT2D eigenvalue weighted by Gasteiger charge is -2.16. The van der Waals surface area contributed by atoms with Gasteiger partial charge in [0, 0.05) is 10.7 Å². The molecule has 0 heterocycles. The van der Waals surface area contributed by atoms with Crippen LogP contribution in [-0.2, 0) is 0 Å². The van der Waals surface area contributed by atoms with Crippen LogP contribution in [0.1, 0.15) is 18.5 Å². The molecule has 0 spiro atoms. The molecular weight excluding hydrogens is 188 g/mol. The molecule has 2 unspecified atom stereocenters. The molecule has 0 aliphatic rings. The molecule has 0 amide bonds. The summed E-state index contributed by atoms with van der Waals surface area (Å²) in [6, 6.07) is 4.56. The van der Waals surface area contributed by atoms with Gasteiger partial charge in [0.1, 0.15) is 0 Å². The third-order valence-electron chi connectivity index (χ3n) is 1.90. The first-order valence-electron chi connectivity index (χ1n) is 4.01. The van der Waals surface area contributed by atoms with Crippen LogP contribution in [0.15, 0.2) is 18.2 Å². The molecule has 0 aromatic heterocycles. The molecule has 13 heavy (non-hydrogen) atoms. The standard InChI is InChI=1S/C9H13ClN2O/c1-5(13)9(12)7-4-6(11)2-3-8(7)10/h2-5,9,13H,11-12H2,1H3. The van der Waals surface area contributed by atoms with Crippen molar-refractivity contribution in [1.82, 2.24) is 0 Å². The van der Waals surface area contributed by atoms with Crippen LogP contribution in [0.4, 0.5) is 5.69 Å². The molecule has 0 aliphatic carbocycles. The Bertz CT molecular complexity index is 302. The van der Waals surface area contributed by atoms with Crippen molar-refractivity contribution < 1.29 is 5.11 Å². The second kappa shape index (κ2) is 3.96. The largest absolute Gasteiger partial charge is 0.399 e. The second-order valence-corrected chi connectivity index (χ2v) is 3.45. The lowest BCUT2D eigenvalue weighted by atomic mass is 10.0. The zero-order chi connectivity index (χ0) is 10.0. The Hall–Kier alpha value is -0.770. The van der Waals surface area contributed by atoms with Crippen molar-refractivity contribution in [2.24, 2.45) is 5.73 Å². The summed E-state index contributed by atoms with van der Waals surface area (Å²) in [5.41, 5.74) is 12.6. The third kappa shape index (κ3) is 2.34. The maximum Gasteiger partial charge on any atom is 0.0705 e. The normalized spacial score (nSPS) is 15.4. The molecule has 1 aromatic carbocycles. The van der Waals surface area contributed by atoms with Crippen LogP contribution in [0.2, 0.25) is 5.02 Å². The monoisotopic (exact) mass is 200 g/mol. The van der Waals surface area contributed by atoms with Crippen LogP contribution in [0.5, 0.6) is 0 Å². The van der Waals surface area contributed by atoms with E-state index in [4.69, 9.17) is 23.1 Å². The molecule has 0 fully saturated rings. The van der Waals surface area contributed by atoms with Crippen molar-refractivity contribution in [1.29, 1.82) is 0 Å². The fourth-order valence-corrected chi connectivity index (χ4v) is 1.32. The smallest absolute Gasteiger partial charge is 0.0705 e. The fraction of sp³-hybridized carbons (Fsp3) is 0.333. The second-order valence-electron chi connectivity index (χ2n) is 3.05. The van der Waals surface area contributed by atoms with E-state index >= 15 is 0 Å². The highest BCUT2D eigenvalue weighted by molar-refractivity contribution is 6.31. The van der Waals surface area contributed by atoms with Gasteiger partial charge in [-0.25, -0.2) is 0 Å². The maximum absolute atomic E-state index is 9.27. The van der Waals surface area contributed by atoms with Crippen molar-refractivity contribution in [2.75, 3.05) is 5.73 Å². The summed E-state index contributed by atoms with van der Waals surface area (Å²) in [5.74, 6) is 0. The quantitative estimate of drug-likeness (QED) is 0.631. The number of hydrogen-bond donors (Lipinski definition) is 3. The first-order chi connectivity index (χ1) is 6.02. The summed E-state index contributed by atoms with van der Waals surface area (Å²) >= 11 is 5.89. The predicted octanol–water partition coefficient (Wildman–Crippen LogP) is 1.30. The molecule has 0 aliphatic heterocycles. The molecular formula is C9H13ClN2O. The van der Waals surface area contributed by atoms with Gasteiger partial charge in [0.25, 0.3) is 0 Å². The van der Waals surface area contributed by atoms with E-state index in [1.165, 1.54) is 0 Å². The molecule has 4 heteroatoms. The average Bonchev–Trinajstić information content (AvgIpc) is 2.08. The number of aliphatic hydroxyl groups is 1. The van der Waals surface area contributed by atoms with Crippen molar-refractivity contribution in [3.63, 3.8) is 0 Å². The van der Waals surface area contributed by atoms with Crippen molar-refractivity contribution in [3.8, 4) is 0 Å². The van der Waals surface area contributed by atoms with Gasteiger partial charge in [-0.1, -0.05) is 11.6 Å². The number of nitrogens with two attached hydrogens (primary N) is 2. The molecule has 1 aromatic rings. The van der Waals surface area contributed by atoms with Gasteiger partial charge in [0.2, 0.25) is 0 Å². The Morgan fingerprint density at radius 3 is 2.62 bits per heavy atom. The van der Waals surface area contributed by atoms with E-state index in [0.29, 0.717) is 16.3 Å². The summed E-state index contributed by atoms with van der Waals surface area (Å²) < 4.78 is 0. The molecule has 3 nitrogen and oxygen atoms in total.